The third-order valence-electron chi connectivity index (χ3n) is 4.01. The van der Waals surface area contributed by atoms with Crippen LogP contribution in [0.5, 0.6) is 0 Å². The Labute approximate surface area is 71.9 Å². The molecule has 68 valence electrons. The third kappa shape index (κ3) is 0.761. The Hall–Kier alpha value is -0.150. The van der Waals surface area contributed by atoms with E-state index in [1.165, 1.54) is 6.42 Å². The number of hydrogen-bond donors (Lipinski definition) is 1. The van der Waals surface area contributed by atoms with Crippen molar-refractivity contribution in [3.63, 3.8) is 0 Å². The minimum atomic E-state index is -0.636. The molecule has 2 saturated carbocycles. The van der Waals surface area contributed by atoms with Gasteiger partial charge in [0.1, 0.15) is 6.17 Å². The van der Waals surface area contributed by atoms with Crippen molar-refractivity contribution in [1.82, 2.24) is 5.01 Å². The number of halogens is 1. The maximum atomic E-state index is 13.6. The number of nitrogens with two attached hydrogens (primary N) is 1. The Morgan fingerprint density at radius 1 is 1.17 bits per heavy atom. The molecule has 0 spiro atoms. The molecule has 2 aliphatic heterocycles. The lowest BCUT2D eigenvalue weighted by Crippen LogP contribution is -2.65. The number of nitrogens with zero attached hydrogens (tertiary/aromatic N) is 1. The van der Waals surface area contributed by atoms with E-state index in [9.17, 15) is 4.39 Å². The molecule has 2 nitrogen and oxygen atoms in total. The molecule has 0 aromatic carbocycles. The molecular weight excluding hydrogens is 155 g/mol. The molecule has 0 aromatic heterocycles. The lowest BCUT2D eigenvalue weighted by atomic mass is 9.63. The van der Waals surface area contributed by atoms with Crippen molar-refractivity contribution in [3.8, 4) is 0 Å². The van der Waals surface area contributed by atoms with Gasteiger partial charge < -0.3 is 0 Å². The zero-order valence-corrected chi connectivity index (χ0v) is 7.12. The summed E-state index contributed by atoms with van der Waals surface area (Å²) in [6.07, 6.45) is 3.72. The zero-order valence-electron chi connectivity index (χ0n) is 7.12. The molecule has 3 heteroatoms. The van der Waals surface area contributed by atoms with Gasteiger partial charge in [0.15, 0.2) is 0 Å². The van der Waals surface area contributed by atoms with Gasteiger partial charge in [0.2, 0.25) is 0 Å². The zero-order chi connectivity index (χ0) is 8.29. The topological polar surface area (TPSA) is 29.3 Å². The van der Waals surface area contributed by atoms with E-state index >= 15 is 0 Å². The monoisotopic (exact) mass is 170 g/mol. The molecule has 0 aromatic rings. The first kappa shape index (κ1) is 7.27. The van der Waals surface area contributed by atoms with Crippen LogP contribution in [0.1, 0.15) is 25.7 Å². The first-order valence-electron chi connectivity index (χ1n) is 4.93. The van der Waals surface area contributed by atoms with Gasteiger partial charge in [-0.2, -0.15) is 0 Å². The molecule has 4 aliphatic rings. The molecule has 4 bridgehead atoms. The molecule has 12 heavy (non-hydrogen) atoms. The Morgan fingerprint density at radius 2 is 2.00 bits per heavy atom. The number of piperidine rings is 2. The van der Waals surface area contributed by atoms with Crippen LogP contribution in [-0.2, 0) is 0 Å². The molecule has 4 fully saturated rings. The van der Waals surface area contributed by atoms with Crippen LogP contribution < -0.4 is 5.84 Å². The molecule has 5 unspecified atom stereocenters. The Balaban J connectivity index is 1.93. The van der Waals surface area contributed by atoms with Crippen LogP contribution in [0.3, 0.4) is 0 Å². The Morgan fingerprint density at radius 3 is 2.83 bits per heavy atom. The van der Waals surface area contributed by atoms with Crippen LogP contribution in [0.2, 0.25) is 0 Å². The second kappa shape index (κ2) is 2.20. The van der Waals surface area contributed by atoms with E-state index in [0.717, 1.165) is 25.2 Å². The largest absolute Gasteiger partial charge is 0.268 e. The minimum absolute atomic E-state index is 0.0567. The maximum absolute atomic E-state index is 13.6. The van der Waals surface area contributed by atoms with Crippen LogP contribution in [0.15, 0.2) is 0 Å². The van der Waals surface area contributed by atoms with E-state index in [4.69, 9.17) is 5.84 Å². The normalized spacial score (nSPS) is 58.0. The fourth-order valence-corrected chi connectivity index (χ4v) is 3.49. The molecule has 2 saturated heterocycles. The summed E-state index contributed by atoms with van der Waals surface area (Å²) < 4.78 is 13.6. The summed E-state index contributed by atoms with van der Waals surface area (Å²) in [5.74, 6) is 6.97. The van der Waals surface area contributed by atoms with E-state index < -0.39 is 6.17 Å². The average Bonchev–Trinajstić information content (AvgIpc) is 2.07. The summed E-state index contributed by atoms with van der Waals surface area (Å²) in [5.41, 5.74) is 0. The molecule has 4 rings (SSSR count). The van der Waals surface area contributed by atoms with Crippen molar-refractivity contribution in [2.75, 3.05) is 0 Å². The van der Waals surface area contributed by atoms with Crippen molar-refractivity contribution in [1.29, 1.82) is 0 Å². The SMILES string of the molecule is NN1C2CC3CC(C2)C(F)C1C3. The number of hydrogen-bond acceptors (Lipinski definition) is 2. The third-order valence-corrected chi connectivity index (χ3v) is 4.01. The van der Waals surface area contributed by atoms with Gasteiger partial charge in [-0.1, -0.05) is 0 Å². The van der Waals surface area contributed by atoms with Crippen molar-refractivity contribution in [2.45, 2.75) is 43.9 Å². The number of alkyl halides is 1. The molecule has 5 atom stereocenters. The van der Waals surface area contributed by atoms with Gasteiger partial charge >= 0.3 is 0 Å². The second-order valence-corrected chi connectivity index (χ2v) is 4.68. The standard InChI is InChI=1S/C9H15FN2/c10-9-6-1-5-2-7(4-6)12(11)8(9)3-5/h5-9H,1-4,11H2. The predicted octanol–water partition coefficient (Wildman–Crippen LogP) is 1.07. The van der Waals surface area contributed by atoms with E-state index in [0.29, 0.717) is 12.0 Å². The Kier molecular flexibility index (Phi) is 1.34. The number of rotatable bonds is 0. The molecule has 0 amide bonds. The summed E-state index contributed by atoms with van der Waals surface area (Å²) in [7, 11) is 0. The van der Waals surface area contributed by atoms with Gasteiger partial charge in [-0.25, -0.2) is 9.40 Å². The van der Waals surface area contributed by atoms with E-state index in [-0.39, 0.29) is 6.04 Å². The average molecular weight is 170 g/mol. The van der Waals surface area contributed by atoms with E-state index in [1.54, 1.807) is 5.01 Å². The summed E-state index contributed by atoms with van der Waals surface area (Å²) in [4.78, 5) is 0. The smallest absolute Gasteiger partial charge is 0.120 e. The highest BCUT2D eigenvalue weighted by Crippen LogP contribution is 2.48. The van der Waals surface area contributed by atoms with Gasteiger partial charge in [0.05, 0.1) is 6.04 Å². The fourth-order valence-electron chi connectivity index (χ4n) is 3.49. The van der Waals surface area contributed by atoms with Crippen molar-refractivity contribution < 1.29 is 4.39 Å². The van der Waals surface area contributed by atoms with Crippen LogP contribution in [0.25, 0.3) is 0 Å². The fraction of sp³-hybridized carbons (Fsp3) is 1.00. The van der Waals surface area contributed by atoms with Gasteiger partial charge in [0, 0.05) is 6.04 Å². The predicted molar refractivity (Wildman–Crippen MR) is 43.9 cm³/mol. The van der Waals surface area contributed by atoms with Crippen LogP contribution in [0, 0.1) is 11.8 Å². The highest BCUT2D eigenvalue weighted by atomic mass is 19.1. The molecular formula is C9H15FN2. The molecule has 2 N–H and O–H groups in total. The Bertz CT molecular complexity index is 191. The lowest BCUT2D eigenvalue weighted by Gasteiger charge is -2.56. The summed E-state index contributed by atoms with van der Waals surface area (Å²) in [5, 5.41) is 1.80. The highest BCUT2D eigenvalue weighted by molar-refractivity contribution is 5.03. The van der Waals surface area contributed by atoms with Crippen LogP contribution >= 0.6 is 0 Å². The van der Waals surface area contributed by atoms with Crippen molar-refractivity contribution in [3.05, 3.63) is 0 Å². The quantitative estimate of drug-likeness (QED) is 0.551. The minimum Gasteiger partial charge on any atom is -0.268 e. The summed E-state index contributed by atoms with van der Waals surface area (Å²) in [6.45, 7) is 0. The first-order valence-corrected chi connectivity index (χ1v) is 4.93. The maximum Gasteiger partial charge on any atom is 0.120 e. The van der Waals surface area contributed by atoms with Crippen LogP contribution in [-0.4, -0.2) is 23.3 Å². The van der Waals surface area contributed by atoms with E-state index in [2.05, 4.69) is 0 Å². The summed E-state index contributed by atoms with van der Waals surface area (Å²) in [6, 6.07) is 0.556. The van der Waals surface area contributed by atoms with Gasteiger partial charge in [-0.05, 0) is 37.5 Å². The summed E-state index contributed by atoms with van der Waals surface area (Å²) >= 11 is 0. The first-order chi connectivity index (χ1) is 5.75. The van der Waals surface area contributed by atoms with Crippen LogP contribution in [0.4, 0.5) is 4.39 Å². The van der Waals surface area contributed by atoms with Gasteiger partial charge in [-0.3, -0.25) is 5.84 Å². The van der Waals surface area contributed by atoms with Crippen molar-refractivity contribution in [2.24, 2.45) is 17.7 Å². The van der Waals surface area contributed by atoms with E-state index in [1.807, 2.05) is 0 Å². The molecule has 0 radical (unpaired) electrons. The number of hydrazine groups is 1. The second-order valence-electron chi connectivity index (χ2n) is 4.68. The highest BCUT2D eigenvalue weighted by Gasteiger charge is 2.51. The van der Waals surface area contributed by atoms with Crippen molar-refractivity contribution >= 4 is 0 Å². The van der Waals surface area contributed by atoms with Gasteiger partial charge in [0.25, 0.3) is 0 Å². The molecule has 2 heterocycles. The van der Waals surface area contributed by atoms with Gasteiger partial charge in [-0.15, -0.1) is 0 Å². The molecule has 2 aliphatic carbocycles. The lowest BCUT2D eigenvalue weighted by molar-refractivity contribution is -0.110.